The zero-order chi connectivity index (χ0) is 19.0. The lowest BCUT2D eigenvalue weighted by atomic mass is 9.97. The van der Waals surface area contributed by atoms with E-state index >= 15 is 0 Å². The maximum atomic E-state index is 13.3. The van der Waals surface area contributed by atoms with E-state index in [0.29, 0.717) is 0 Å². The average Bonchev–Trinajstić information content (AvgIpc) is 2.79. The SMILES string of the molecule is CC1=C(C2(n3nc(C(F)(F)F)cc3C)CC2(Cl)Cl)C(C(F)(F)F)=N[N]1. The molecule has 0 bridgehead atoms. The third-order valence-corrected chi connectivity index (χ3v) is 4.97. The van der Waals surface area contributed by atoms with Crippen molar-refractivity contribution in [3.05, 3.63) is 28.7 Å². The van der Waals surface area contributed by atoms with Crippen LogP contribution in [0.3, 0.4) is 0 Å². The Morgan fingerprint density at radius 1 is 1.08 bits per heavy atom. The van der Waals surface area contributed by atoms with Crippen LogP contribution in [0.4, 0.5) is 26.3 Å². The molecule has 1 radical (unpaired) electrons. The molecule has 1 aromatic rings. The van der Waals surface area contributed by atoms with Gasteiger partial charge in [-0.25, -0.2) is 0 Å². The zero-order valence-corrected chi connectivity index (χ0v) is 14.1. The molecular weight excluding hydrogens is 397 g/mol. The topological polar surface area (TPSA) is 44.3 Å². The van der Waals surface area contributed by atoms with Crippen molar-refractivity contribution in [2.45, 2.75) is 42.5 Å². The number of hydrogen-bond donors (Lipinski definition) is 0. The highest BCUT2D eigenvalue weighted by atomic mass is 35.5. The van der Waals surface area contributed by atoms with Crippen LogP contribution in [0.1, 0.15) is 24.7 Å². The van der Waals surface area contributed by atoms with Gasteiger partial charge in [-0.05, 0) is 19.9 Å². The molecule has 0 amide bonds. The lowest BCUT2D eigenvalue weighted by Gasteiger charge is -2.24. The molecular formula is C13H9Cl2F6N4. The Labute approximate surface area is 147 Å². The second-order valence-electron chi connectivity index (χ2n) is 5.83. The molecule has 3 rings (SSSR count). The summed E-state index contributed by atoms with van der Waals surface area (Å²) in [5.41, 5.74) is -1.63. The van der Waals surface area contributed by atoms with Crippen LogP contribution in [0.25, 0.3) is 0 Å². The fourth-order valence-corrected chi connectivity index (χ4v) is 3.71. The summed E-state index contributed by atoms with van der Waals surface area (Å²) in [6.45, 7) is 2.53. The van der Waals surface area contributed by atoms with Gasteiger partial charge < -0.3 is 0 Å². The summed E-state index contributed by atoms with van der Waals surface area (Å²) >= 11 is 12.2. The van der Waals surface area contributed by atoms with E-state index in [0.717, 1.165) is 10.7 Å². The van der Waals surface area contributed by atoms with Gasteiger partial charge in [0.1, 0.15) is 9.87 Å². The third-order valence-electron chi connectivity index (χ3n) is 4.08. The first-order valence-electron chi connectivity index (χ1n) is 6.81. The Morgan fingerprint density at radius 3 is 2.04 bits per heavy atom. The number of alkyl halides is 8. The largest absolute Gasteiger partial charge is 0.435 e. The lowest BCUT2D eigenvalue weighted by Crippen LogP contribution is -2.37. The maximum absolute atomic E-state index is 13.3. The summed E-state index contributed by atoms with van der Waals surface area (Å²) in [4.78, 5) is 0. The molecule has 1 unspecified atom stereocenters. The highest BCUT2D eigenvalue weighted by Gasteiger charge is 2.74. The van der Waals surface area contributed by atoms with Crippen molar-refractivity contribution in [1.29, 1.82) is 0 Å². The van der Waals surface area contributed by atoms with Gasteiger partial charge in [0.05, 0.1) is 5.70 Å². The Balaban J connectivity index is 2.20. The molecule has 1 fully saturated rings. The number of allylic oxidation sites excluding steroid dienone is 2. The molecule has 2 aliphatic rings. The predicted octanol–water partition coefficient (Wildman–Crippen LogP) is 4.29. The normalized spacial score (nSPS) is 25.9. The van der Waals surface area contributed by atoms with E-state index in [4.69, 9.17) is 23.2 Å². The smallest absolute Gasteiger partial charge is 0.255 e. The Bertz CT molecular complexity index is 804. The summed E-state index contributed by atoms with van der Waals surface area (Å²) < 4.78 is 77.6. The maximum Gasteiger partial charge on any atom is 0.435 e. The summed E-state index contributed by atoms with van der Waals surface area (Å²) in [5, 5.41) is 6.54. The highest BCUT2D eigenvalue weighted by molar-refractivity contribution is 6.52. The van der Waals surface area contributed by atoms with Gasteiger partial charge >= 0.3 is 12.4 Å². The number of hydrogen-bond acceptors (Lipinski definition) is 2. The van der Waals surface area contributed by atoms with E-state index in [1.54, 1.807) is 0 Å². The molecule has 1 aliphatic carbocycles. The molecule has 12 heteroatoms. The van der Waals surface area contributed by atoms with Crippen LogP contribution in [-0.2, 0) is 11.7 Å². The molecule has 0 aromatic carbocycles. The van der Waals surface area contributed by atoms with Gasteiger partial charge in [0.25, 0.3) is 0 Å². The number of rotatable bonds is 2. The van der Waals surface area contributed by atoms with E-state index in [9.17, 15) is 26.3 Å². The number of aromatic nitrogens is 2. The fourth-order valence-electron chi connectivity index (χ4n) is 2.97. The third kappa shape index (κ3) is 2.61. The summed E-state index contributed by atoms with van der Waals surface area (Å²) in [6, 6.07) is 0.719. The second kappa shape index (κ2) is 5.06. The van der Waals surface area contributed by atoms with E-state index in [-0.39, 0.29) is 17.8 Å². The van der Waals surface area contributed by atoms with Crippen LogP contribution in [0.5, 0.6) is 0 Å². The van der Waals surface area contributed by atoms with Gasteiger partial charge in [0.15, 0.2) is 11.4 Å². The Kier molecular flexibility index (Phi) is 3.72. The first-order valence-corrected chi connectivity index (χ1v) is 7.57. The molecule has 4 nitrogen and oxygen atoms in total. The van der Waals surface area contributed by atoms with E-state index in [1.165, 1.54) is 13.8 Å². The van der Waals surface area contributed by atoms with Crippen molar-refractivity contribution in [2.24, 2.45) is 5.10 Å². The molecule has 1 aromatic heterocycles. The molecule has 1 atom stereocenters. The standard InChI is InChI=1S/C13H9Cl2F6N4/c1-5-3-7(12(16,17)18)24-25(5)10(4-11(10,14)15)8-6(2)22-23-9(8)13(19,20)21/h3H,4H2,1-2H3. The van der Waals surface area contributed by atoms with Gasteiger partial charge in [-0.15, -0.1) is 5.10 Å². The molecule has 0 N–H and O–H groups in total. The van der Waals surface area contributed by atoms with E-state index in [2.05, 4.69) is 15.6 Å². The number of halogens is 8. The molecule has 137 valence electrons. The summed E-state index contributed by atoms with van der Waals surface area (Å²) in [5.74, 6) is 0. The molecule has 1 saturated carbocycles. The summed E-state index contributed by atoms with van der Waals surface area (Å²) in [7, 11) is 0. The van der Waals surface area contributed by atoms with E-state index < -0.39 is 39.2 Å². The monoisotopic (exact) mass is 405 g/mol. The Hall–Kier alpha value is -1.42. The lowest BCUT2D eigenvalue weighted by molar-refractivity contribution is -0.141. The second-order valence-corrected chi connectivity index (χ2v) is 7.31. The van der Waals surface area contributed by atoms with Crippen LogP contribution >= 0.6 is 23.2 Å². The molecule has 2 heterocycles. The minimum atomic E-state index is -4.87. The van der Waals surface area contributed by atoms with Crippen molar-refractivity contribution < 1.29 is 26.3 Å². The first kappa shape index (κ1) is 18.4. The molecule has 25 heavy (non-hydrogen) atoms. The summed E-state index contributed by atoms with van der Waals surface area (Å²) in [6.07, 6.45) is -9.90. The highest BCUT2D eigenvalue weighted by Crippen LogP contribution is 2.67. The van der Waals surface area contributed by atoms with Gasteiger partial charge in [0, 0.05) is 17.7 Å². The minimum Gasteiger partial charge on any atom is -0.255 e. The van der Waals surface area contributed by atoms with Crippen LogP contribution < -0.4 is 5.43 Å². The molecule has 0 spiro atoms. The predicted molar refractivity (Wildman–Crippen MR) is 77.3 cm³/mol. The zero-order valence-electron chi connectivity index (χ0n) is 12.6. The minimum absolute atomic E-state index is 0.0378. The number of aryl methyl sites for hydroxylation is 1. The van der Waals surface area contributed by atoms with Crippen LogP contribution in [0.15, 0.2) is 22.4 Å². The van der Waals surface area contributed by atoms with Crippen LogP contribution in [-0.4, -0.2) is 26.0 Å². The van der Waals surface area contributed by atoms with Crippen LogP contribution in [0, 0.1) is 6.92 Å². The average molecular weight is 406 g/mol. The quantitative estimate of drug-likeness (QED) is 0.534. The van der Waals surface area contributed by atoms with Crippen molar-refractivity contribution >= 4 is 28.9 Å². The van der Waals surface area contributed by atoms with E-state index in [1.807, 2.05) is 0 Å². The van der Waals surface area contributed by atoms with Gasteiger partial charge in [-0.1, -0.05) is 23.2 Å². The molecule has 1 aliphatic heterocycles. The van der Waals surface area contributed by atoms with Gasteiger partial charge in [-0.2, -0.15) is 36.9 Å². The van der Waals surface area contributed by atoms with Crippen LogP contribution in [0.2, 0.25) is 0 Å². The van der Waals surface area contributed by atoms with Crippen molar-refractivity contribution in [1.82, 2.24) is 15.2 Å². The fraction of sp³-hybridized carbons (Fsp3) is 0.538. The Morgan fingerprint density at radius 2 is 1.64 bits per heavy atom. The molecule has 0 saturated heterocycles. The van der Waals surface area contributed by atoms with Gasteiger partial charge in [-0.3, -0.25) is 4.68 Å². The van der Waals surface area contributed by atoms with Crippen molar-refractivity contribution in [3.63, 3.8) is 0 Å². The first-order chi connectivity index (χ1) is 11.2. The van der Waals surface area contributed by atoms with Crippen molar-refractivity contribution in [2.75, 3.05) is 0 Å². The number of nitrogens with zero attached hydrogens (tertiary/aromatic N) is 4. The van der Waals surface area contributed by atoms with Crippen molar-refractivity contribution in [3.8, 4) is 0 Å². The van der Waals surface area contributed by atoms with Gasteiger partial charge in [0.2, 0.25) is 0 Å².